The molecule has 6 heteroatoms. The molecule has 0 fully saturated rings. The second-order valence-corrected chi connectivity index (χ2v) is 4.63. The first-order valence-corrected chi connectivity index (χ1v) is 6.91. The van der Waals surface area contributed by atoms with Crippen LogP contribution in [0, 0.1) is 0 Å². The Hall–Kier alpha value is -0.300. The summed E-state index contributed by atoms with van der Waals surface area (Å²) in [6, 6.07) is -0.562. The van der Waals surface area contributed by atoms with Crippen LogP contribution in [0.5, 0.6) is 0 Å². The quantitative estimate of drug-likeness (QED) is 0.302. The monoisotopic (exact) mass is 249 g/mol. The molecule has 6 N–H and O–H groups in total. The average molecular weight is 249 g/mol. The van der Waals surface area contributed by atoms with Crippen LogP contribution in [0.25, 0.3) is 0 Å². The maximum absolute atomic E-state index is 11.4. The molecule has 0 aromatic heterocycles. The summed E-state index contributed by atoms with van der Waals surface area (Å²) in [5, 5.41) is 0. The number of ether oxygens (including phenoxy) is 1. The minimum Gasteiger partial charge on any atom is -0.446 e. The van der Waals surface area contributed by atoms with E-state index in [1.807, 2.05) is 6.26 Å². The molecule has 0 rings (SSSR count). The molecular weight excluding hydrogens is 226 g/mol. The number of hydrogen-bond donors (Lipinski definition) is 3. The highest BCUT2D eigenvalue weighted by Gasteiger charge is 2.17. The van der Waals surface area contributed by atoms with Gasteiger partial charge in [-0.25, -0.2) is 0 Å². The zero-order valence-electron chi connectivity index (χ0n) is 9.85. The molecule has 0 aliphatic heterocycles. The number of carbonyl (C=O) groups is 1. The number of carbonyl (C=O) groups excluding carboxylic acids is 1. The van der Waals surface area contributed by atoms with E-state index in [0.29, 0.717) is 19.4 Å². The van der Waals surface area contributed by atoms with Crippen molar-refractivity contribution in [3.63, 3.8) is 0 Å². The van der Waals surface area contributed by atoms with Gasteiger partial charge in [-0.2, -0.15) is 11.8 Å². The van der Waals surface area contributed by atoms with E-state index in [4.69, 9.17) is 21.9 Å². The minimum atomic E-state index is -0.562. The molecule has 0 radical (unpaired) electrons. The lowest BCUT2D eigenvalue weighted by atomic mass is 10.2. The summed E-state index contributed by atoms with van der Waals surface area (Å²) in [5.74, 6) is 0.438. The summed E-state index contributed by atoms with van der Waals surface area (Å²) < 4.78 is 5.02. The molecule has 0 amide bonds. The van der Waals surface area contributed by atoms with E-state index in [9.17, 15) is 4.79 Å². The largest absolute Gasteiger partial charge is 0.446 e. The van der Waals surface area contributed by atoms with E-state index < -0.39 is 18.2 Å². The fourth-order valence-corrected chi connectivity index (χ4v) is 1.64. The van der Waals surface area contributed by atoms with Gasteiger partial charge in [-0.1, -0.05) is 0 Å². The third-order valence-electron chi connectivity index (χ3n) is 2.15. The van der Waals surface area contributed by atoms with Crippen molar-refractivity contribution in [1.29, 1.82) is 0 Å². The Bertz CT molecular complexity index is 193. The molecule has 2 unspecified atom stereocenters. The van der Waals surface area contributed by atoms with Gasteiger partial charge in [-0.05, 0) is 44.2 Å². The van der Waals surface area contributed by atoms with E-state index in [2.05, 4.69) is 0 Å². The van der Waals surface area contributed by atoms with E-state index in [1.165, 1.54) is 0 Å². The Morgan fingerprint density at radius 1 is 1.31 bits per heavy atom. The smallest absolute Gasteiger partial charge is 0.324 e. The molecule has 0 aliphatic rings. The number of thioether (sulfide) groups is 1. The normalized spacial score (nSPS) is 14.5. The third-order valence-corrected chi connectivity index (χ3v) is 2.79. The maximum atomic E-state index is 11.4. The molecule has 0 saturated heterocycles. The van der Waals surface area contributed by atoms with Crippen molar-refractivity contribution in [2.24, 2.45) is 17.2 Å². The zero-order valence-corrected chi connectivity index (χ0v) is 10.7. The summed E-state index contributed by atoms with van der Waals surface area (Å²) in [7, 11) is 0. The van der Waals surface area contributed by atoms with E-state index >= 15 is 0 Å². The fraction of sp³-hybridized carbons (Fsp3) is 0.900. The average Bonchev–Trinajstić information content (AvgIpc) is 2.26. The number of esters is 1. The van der Waals surface area contributed by atoms with E-state index in [1.54, 1.807) is 11.8 Å². The first-order valence-electron chi connectivity index (χ1n) is 5.52. The third kappa shape index (κ3) is 7.92. The van der Waals surface area contributed by atoms with Gasteiger partial charge in [0.25, 0.3) is 0 Å². The summed E-state index contributed by atoms with van der Waals surface area (Å²) in [5.41, 5.74) is 16.6. The van der Waals surface area contributed by atoms with Gasteiger partial charge < -0.3 is 16.2 Å². The molecule has 0 spiro atoms. The lowest BCUT2D eigenvalue weighted by Gasteiger charge is -2.16. The number of rotatable bonds is 9. The number of unbranched alkanes of at least 4 members (excludes halogenated alkanes) is 1. The first-order chi connectivity index (χ1) is 7.61. The fourth-order valence-electron chi connectivity index (χ4n) is 1.15. The van der Waals surface area contributed by atoms with Crippen molar-refractivity contribution in [1.82, 2.24) is 0 Å². The molecule has 16 heavy (non-hydrogen) atoms. The minimum absolute atomic E-state index is 0.408. The van der Waals surface area contributed by atoms with Crippen LogP contribution in [-0.4, -0.2) is 36.8 Å². The molecule has 0 aromatic rings. The Kier molecular flexibility index (Phi) is 9.71. The van der Waals surface area contributed by atoms with Crippen LogP contribution in [0.15, 0.2) is 0 Å². The lowest BCUT2D eigenvalue weighted by Crippen LogP contribution is -2.38. The molecule has 2 atom stereocenters. The van der Waals surface area contributed by atoms with Gasteiger partial charge in [0.05, 0.1) is 0 Å². The van der Waals surface area contributed by atoms with Crippen molar-refractivity contribution in [2.45, 2.75) is 38.0 Å². The van der Waals surface area contributed by atoms with Gasteiger partial charge in [0.1, 0.15) is 6.04 Å². The van der Waals surface area contributed by atoms with Crippen molar-refractivity contribution in [3.05, 3.63) is 0 Å². The predicted octanol–water partition coefficient (Wildman–Crippen LogP) is 0.0238. The number of hydrogen-bond acceptors (Lipinski definition) is 6. The highest BCUT2D eigenvalue weighted by Crippen LogP contribution is 2.04. The van der Waals surface area contributed by atoms with E-state index in [-0.39, 0.29) is 0 Å². The molecule has 0 heterocycles. The molecule has 0 saturated carbocycles. The van der Waals surface area contributed by atoms with Crippen molar-refractivity contribution in [2.75, 3.05) is 18.6 Å². The maximum Gasteiger partial charge on any atom is 0.324 e. The van der Waals surface area contributed by atoms with Crippen LogP contribution in [0.2, 0.25) is 0 Å². The first kappa shape index (κ1) is 15.7. The van der Waals surface area contributed by atoms with Crippen LogP contribution in [0.4, 0.5) is 0 Å². The van der Waals surface area contributed by atoms with Crippen LogP contribution in [0.1, 0.15) is 25.7 Å². The Morgan fingerprint density at radius 3 is 2.56 bits per heavy atom. The van der Waals surface area contributed by atoms with Gasteiger partial charge in [0, 0.05) is 0 Å². The van der Waals surface area contributed by atoms with Gasteiger partial charge in [0.15, 0.2) is 6.23 Å². The van der Waals surface area contributed by atoms with Crippen molar-refractivity contribution < 1.29 is 9.53 Å². The summed E-state index contributed by atoms with van der Waals surface area (Å²) >= 11 is 1.65. The standard InChI is InChI=1S/C10H23N3O2S/c1-16-7-5-8(12)10(14)15-9(13)4-2-3-6-11/h8-9H,2-7,11-13H2,1H3. The lowest BCUT2D eigenvalue weighted by molar-refractivity contribution is -0.150. The summed E-state index contributed by atoms with van der Waals surface area (Å²) in [6.07, 6.45) is 4.43. The Labute approximate surface area is 101 Å². The molecule has 0 bridgehead atoms. The predicted molar refractivity (Wildman–Crippen MR) is 67.9 cm³/mol. The van der Waals surface area contributed by atoms with Gasteiger partial charge in [0.2, 0.25) is 0 Å². The number of nitrogens with two attached hydrogens (primary N) is 3. The molecule has 0 aliphatic carbocycles. The second kappa shape index (κ2) is 9.89. The zero-order chi connectivity index (χ0) is 12.4. The van der Waals surface area contributed by atoms with Gasteiger partial charge in [-0.15, -0.1) is 0 Å². The highest BCUT2D eigenvalue weighted by atomic mass is 32.2. The van der Waals surface area contributed by atoms with Crippen LogP contribution in [0.3, 0.4) is 0 Å². The molecule has 5 nitrogen and oxygen atoms in total. The molecular formula is C10H23N3O2S. The van der Waals surface area contributed by atoms with Crippen LogP contribution < -0.4 is 17.2 Å². The van der Waals surface area contributed by atoms with E-state index in [0.717, 1.165) is 18.6 Å². The van der Waals surface area contributed by atoms with Crippen LogP contribution in [-0.2, 0) is 9.53 Å². The van der Waals surface area contributed by atoms with Crippen molar-refractivity contribution in [3.8, 4) is 0 Å². The van der Waals surface area contributed by atoms with Crippen LogP contribution >= 0.6 is 11.8 Å². The SMILES string of the molecule is CSCCC(N)C(=O)OC(N)CCCCN. The Morgan fingerprint density at radius 2 is 2.00 bits per heavy atom. The Balaban J connectivity index is 3.67. The topological polar surface area (TPSA) is 104 Å². The highest BCUT2D eigenvalue weighted by molar-refractivity contribution is 7.98. The van der Waals surface area contributed by atoms with Gasteiger partial charge in [-0.3, -0.25) is 10.5 Å². The molecule has 0 aromatic carbocycles. The van der Waals surface area contributed by atoms with Crippen molar-refractivity contribution >= 4 is 17.7 Å². The second-order valence-electron chi connectivity index (χ2n) is 3.65. The summed E-state index contributed by atoms with van der Waals surface area (Å²) in [6.45, 7) is 0.633. The van der Waals surface area contributed by atoms with Gasteiger partial charge >= 0.3 is 5.97 Å². The molecule has 96 valence electrons. The summed E-state index contributed by atoms with van der Waals surface area (Å²) in [4.78, 5) is 11.4.